The monoisotopic (exact) mass is 306 g/mol. The van der Waals surface area contributed by atoms with Crippen molar-refractivity contribution in [2.24, 2.45) is 0 Å². The Kier molecular flexibility index (Phi) is 3.85. The van der Waals surface area contributed by atoms with Crippen molar-refractivity contribution in [3.8, 4) is 0 Å². The van der Waals surface area contributed by atoms with Crippen molar-refractivity contribution < 1.29 is 13.2 Å². The van der Waals surface area contributed by atoms with Gasteiger partial charge < -0.3 is 11.5 Å². The van der Waals surface area contributed by atoms with Crippen molar-refractivity contribution in [3.63, 3.8) is 0 Å². The first kappa shape index (κ1) is 13.9. The molecule has 0 unspecified atom stereocenters. The molecule has 0 aromatic carbocycles. The lowest BCUT2D eigenvalue weighted by atomic mass is 10.3. The SMILES string of the molecule is Nc1cc(N)nc(SCc2csc(C(F)(F)F)c2)n1. The summed E-state index contributed by atoms with van der Waals surface area (Å²) in [5.74, 6) is 0.794. The van der Waals surface area contributed by atoms with E-state index in [2.05, 4.69) is 9.97 Å². The van der Waals surface area contributed by atoms with Crippen LogP contribution in [0.2, 0.25) is 0 Å². The maximum absolute atomic E-state index is 12.4. The van der Waals surface area contributed by atoms with Gasteiger partial charge in [0.15, 0.2) is 5.16 Å². The lowest BCUT2D eigenvalue weighted by Crippen LogP contribution is -2.01. The van der Waals surface area contributed by atoms with Crippen LogP contribution >= 0.6 is 23.1 Å². The average Bonchev–Trinajstić information content (AvgIpc) is 2.73. The number of hydrogen-bond donors (Lipinski definition) is 2. The van der Waals surface area contributed by atoms with Crippen LogP contribution in [0.1, 0.15) is 10.4 Å². The van der Waals surface area contributed by atoms with E-state index in [0.717, 1.165) is 6.07 Å². The van der Waals surface area contributed by atoms with E-state index in [1.54, 1.807) is 0 Å². The molecule has 2 aromatic rings. The summed E-state index contributed by atoms with van der Waals surface area (Å²) < 4.78 is 37.2. The zero-order chi connectivity index (χ0) is 14.0. The van der Waals surface area contributed by atoms with Crippen molar-refractivity contribution in [2.45, 2.75) is 17.1 Å². The van der Waals surface area contributed by atoms with Crippen LogP contribution in [0, 0.1) is 0 Å². The summed E-state index contributed by atoms with van der Waals surface area (Å²) in [7, 11) is 0. The van der Waals surface area contributed by atoms with E-state index in [1.165, 1.54) is 23.2 Å². The van der Waals surface area contributed by atoms with Gasteiger partial charge in [-0.3, -0.25) is 0 Å². The normalized spacial score (nSPS) is 11.7. The molecule has 0 atom stereocenters. The van der Waals surface area contributed by atoms with E-state index >= 15 is 0 Å². The van der Waals surface area contributed by atoms with Crippen LogP contribution in [0.5, 0.6) is 0 Å². The number of anilines is 2. The zero-order valence-corrected chi connectivity index (χ0v) is 11.1. The fourth-order valence-corrected chi connectivity index (χ4v) is 2.96. The minimum Gasteiger partial charge on any atom is -0.383 e. The van der Waals surface area contributed by atoms with Gasteiger partial charge in [-0.15, -0.1) is 11.3 Å². The van der Waals surface area contributed by atoms with Crippen LogP contribution in [-0.2, 0) is 11.9 Å². The summed E-state index contributed by atoms with van der Waals surface area (Å²) in [5.41, 5.74) is 11.6. The molecule has 0 spiro atoms. The van der Waals surface area contributed by atoms with Crippen molar-refractivity contribution in [1.82, 2.24) is 9.97 Å². The van der Waals surface area contributed by atoms with Crippen LogP contribution in [0.25, 0.3) is 0 Å². The predicted octanol–water partition coefficient (Wildman–Crippen LogP) is 3.01. The van der Waals surface area contributed by atoms with E-state index in [-0.39, 0.29) is 11.6 Å². The smallest absolute Gasteiger partial charge is 0.383 e. The van der Waals surface area contributed by atoms with Crippen molar-refractivity contribution in [1.29, 1.82) is 0 Å². The van der Waals surface area contributed by atoms with Gasteiger partial charge in [0, 0.05) is 11.8 Å². The fraction of sp³-hybridized carbons (Fsp3) is 0.200. The number of thiophene rings is 1. The molecule has 0 fully saturated rings. The maximum Gasteiger partial charge on any atom is 0.425 e. The van der Waals surface area contributed by atoms with Gasteiger partial charge in [-0.25, -0.2) is 9.97 Å². The molecule has 9 heteroatoms. The minimum atomic E-state index is -4.30. The molecule has 0 saturated heterocycles. The summed E-state index contributed by atoms with van der Waals surface area (Å²) in [6.07, 6.45) is -4.30. The third-order valence-corrected chi connectivity index (χ3v) is 3.99. The number of halogens is 3. The van der Waals surface area contributed by atoms with E-state index < -0.39 is 11.1 Å². The molecule has 2 rings (SSSR count). The number of aromatic nitrogens is 2. The van der Waals surface area contributed by atoms with E-state index in [1.807, 2.05) is 0 Å². The molecule has 4 N–H and O–H groups in total. The third-order valence-electron chi connectivity index (χ3n) is 2.05. The lowest BCUT2D eigenvalue weighted by molar-refractivity contribution is -0.134. The molecule has 0 aliphatic carbocycles. The topological polar surface area (TPSA) is 77.8 Å². The molecule has 19 heavy (non-hydrogen) atoms. The predicted molar refractivity (Wildman–Crippen MR) is 69.7 cm³/mol. The molecule has 0 amide bonds. The Bertz CT molecular complexity index is 562. The van der Waals surface area contributed by atoms with Gasteiger partial charge in [0.25, 0.3) is 0 Å². The highest BCUT2D eigenvalue weighted by atomic mass is 32.2. The van der Waals surface area contributed by atoms with Crippen molar-refractivity contribution in [2.75, 3.05) is 11.5 Å². The fourth-order valence-electron chi connectivity index (χ4n) is 1.27. The van der Waals surface area contributed by atoms with Gasteiger partial charge in [-0.05, 0) is 17.0 Å². The number of alkyl halides is 3. The van der Waals surface area contributed by atoms with Gasteiger partial charge in [0.05, 0.1) is 0 Å². The first-order chi connectivity index (χ1) is 8.84. The van der Waals surface area contributed by atoms with E-state index in [4.69, 9.17) is 11.5 Å². The van der Waals surface area contributed by atoms with Gasteiger partial charge >= 0.3 is 6.18 Å². The number of hydrogen-bond acceptors (Lipinski definition) is 6. The molecule has 0 radical (unpaired) electrons. The molecule has 0 bridgehead atoms. The lowest BCUT2D eigenvalue weighted by Gasteiger charge is -2.02. The third kappa shape index (κ3) is 3.74. The molecule has 2 heterocycles. The molecular weight excluding hydrogens is 297 g/mol. The Balaban J connectivity index is 2.04. The standard InChI is InChI=1S/C10H9F3N4S2/c11-10(12,13)6-1-5(3-18-6)4-19-9-16-7(14)2-8(15)17-9/h1-3H,4H2,(H4,14,15,16,17). The van der Waals surface area contributed by atoms with Gasteiger partial charge in [-0.1, -0.05) is 11.8 Å². The number of nitrogen functional groups attached to an aromatic ring is 2. The molecule has 102 valence electrons. The number of nitrogens with two attached hydrogens (primary N) is 2. The van der Waals surface area contributed by atoms with Gasteiger partial charge in [-0.2, -0.15) is 13.2 Å². The highest BCUT2D eigenvalue weighted by Gasteiger charge is 2.32. The number of rotatable bonds is 3. The largest absolute Gasteiger partial charge is 0.425 e. The molecular formula is C10H9F3N4S2. The van der Waals surface area contributed by atoms with Crippen molar-refractivity contribution >= 4 is 34.7 Å². The second kappa shape index (κ2) is 5.25. The molecule has 0 aliphatic rings. The highest BCUT2D eigenvalue weighted by molar-refractivity contribution is 7.98. The Morgan fingerprint density at radius 2 is 1.79 bits per heavy atom. The summed E-state index contributed by atoms with van der Waals surface area (Å²) in [6, 6.07) is 2.53. The Morgan fingerprint density at radius 1 is 1.16 bits per heavy atom. The molecule has 4 nitrogen and oxygen atoms in total. The number of thioether (sulfide) groups is 1. The molecule has 0 aliphatic heterocycles. The summed E-state index contributed by atoms with van der Waals surface area (Å²) in [5, 5.41) is 1.81. The maximum atomic E-state index is 12.4. The first-order valence-corrected chi connectivity index (χ1v) is 6.88. The summed E-state index contributed by atoms with van der Waals surface area (Å²) in [4.78, 5) is 7.26. The molecule has 0 saturated carbocycles. The Labute approximate surface area is 115 Å². The van der Waals surface area contributed by atoms with Crippen LogP contribution in [0.3, 0.4) is 0 Å². The van der Waals surface area contributed by atoms with Crippen LogP contribution in [0.4, 0.5) is 24.8 Å². The average molecular weight is 306 g/mol. The first-order valence-electron chi connectivity index (χ1n) is 5.02. The zero-order valence-electron chi connectivity index (χ0n) is 9.44. The van der Waals surface area contributed by atoms with E-state index in [0.29, 0.717) is 27.8 Å². The summed E-state index contributed by atoms with van der Waals surface area (Å²) >= 11 is 1.85. The Hall–Kier alpha value is -1.48. The van der Waals surface area contributed by atoms with Gasteiger partial charge in [0.2, 0.25) is 0 Å². The van der Waals surface area contributed by atoms with Crippen LogP contribution in [0.15, 0.2) is 22.7 Å². The number of nitrogens with zero attached hydrogens (tertiary/aromatic N) is 2. The van der Waals surface area contributed by atoms with Crippen molar-refractivity contribution in [3.05, 3.63) is 28.0 Å². The quantitative estimate of drug-likeness (QED) is 0.673. The highest BCUT2D eigenvalue weighted by Crippen LogP contribution is 2.35. The minimum absolute atomic E-state index is 0.233. The Morgan fingerprint density at radius 3 is 2.32 bits per heavy atom. The van der Waals surface area contributed by atoms with E-state index in [9.17, 15) is 13.2 Å². The van der Waals surface area contributed by atoms with Crippen LogP contribution in [-0.4, -0.2) is 9.97 Å². The second-order valence-electron chi connectivity index (χ2n) is 3.61. The molecule has 2 aromatic heterocycles. The van der Waals surface area contributed by atoms with Crippen LogP contribution < -0.4 is 11.5 Å². The summed E-state index contributed by atoms with van der Waals surface area (Å²) in [6.45, 7) is 0. The second-order valence-corrected chi connectivity index (χ2v) is 5.46. The van der Waals surface area contributed by atoms with Gasteiger partial charge in [0.1, 0.15) is 16.5 Å².